The quantitative estimate of drug-likeness (QED) is 0.579. The van der Waals surface area contributed by atoms with Crippen LogP contribution in [-0.2, 0) is 4.74 Å². The topological polar surface area (TPSA) is 47.6 Å². The third kappa shape index (κ3) is 5.30. The number of carbonyl (C=O) groups is 1. The molecule has 0 spiro atoms. The smallest absolute Gasteiger partial charge is 0.341 e. The highest BCUT2D eigenvalue weighted by molar-refractivity contribution is 5.92. The summed E-state index contributed by atoms with van der Waals surface area (Å²) in [5.74, 6) is 0.250. The van der Waals surface area contributed by atoms with E-state index in [4.69, 9.17) is 9.47 Å². The SMILES string of the molecule is CNCCCCCOc1ccc(C)cc1C(=O)OC. The highest BCUT2D eigenvalue weighted by atomic mass is 16.5. The van der Waals surface area contributed by atoms with Crippen LogP contribution < -0.4 is 10.1 Å². The highest BCUT2D eigenvalue weighted by Crippen LogP contribution is 2.21. The van der Waals surface area contributed by atoms with Gasteiger partial charge in [-0.1, -0.05) is 11.6 Å². The van der Waals surface area contributed by atoms with Crippen LogP contribution in [0.15, 0.2) is 18.2 Å². The maximum absolute atomic E-state index is 11.7. The number of unbranched alkanes of at least 4 members (excludes halogenated alkanes) is 2. The van der Waals surface area contributed by atoms with E-state index in [1.165, 1.54) is 7.11 Å². The lowest BCUT2D eigenvalue weighted by atomic mass is 10.1. The van der Waals surface area contributed by atoms with E-state index in [-0.39, 0.29) is 5.97 Å². The zero-order valence-corrected chi connectivity index (χ0v) is 12.0. The van der Waals surface area contributed by atoms with Crippen LogP contribution in [-0.4, -0.2) is 33.3 Å². The minimum absolute atomic E-state index is 0.353. The number of carbonyl (C=O) groups excluding carboxylic acids is 1. The van der Waals surface area contributed by atoms with E-state index in [1.54, 1.807) is 6.07 Å². The molecule has 0 saturated heterocycles. The van der Waals surface area contributed by atoms with Crippen molar-refractivity contribution in [2.75, 3.05) is 27.3 Å². The van der Waals surface area contributed by atoms with E-state index in [0.717, 1.165) is 31.4 Å². The average molecular weight is 265 g/mol. The molecule has 0 aliphatic rings. The van der Waals surface area contributed by atoms with Gasteiger partial charge in [0.1, 0.15) is 11.3 Å². The normalized spacial score (nSPS) is 10.3. The van der Waals surface area contributed by atoms with Gasteiger partial charge in [0.15, 0.2) is 0 Å². The molecule has 0 amide bonds. The van der Waals surface area contributed by atoms with Crippen molar-refractivity contribution < 1.29 is 14.3 Å². The van der Waals surface area contributed by atoms with E-state index in [1.807, 2.05) is 26.1 Å². The van der Waals surface area contributed by atoms with Gasteiger partial charge in [0.25, 0.3) is 0 Å². The molecule has 106 valence electrons. The lowest BCUT2D eigenvalue weighted by molar-refractivity contribution is 0.0596. The van der Waals surface area contributed by atoms with Gasteiger partial charge in [-0.15, -0.1) is 0 Å². The van der Waals surface area contributed by atoms with Crippen LogP contribution in [0, 0.1) is 6.92 Å². The van der Waals surface area contributed by atoms with Crippen molar-refractivity contribution in [1.29, 1.82) is 0 Å². The van der Waals surface area contributed by atoms with E-state index in [0.29, 0.717) is 17.9 Å². The summed E-state index contributed by atoms with van der Waals surface area (Å²) < 4.78 is 10.4. The van der Waals surface area contributed by atoms with Crippen LogP contribution in [0.3, 0.4) is 0 Å². The van der Waals surface area contributed by atoms with E-state index in [9.17, 15) is 4.79 Å². The second-order valence-corrected chi connectivity index (χ2v) is 4.50. The second-order valence-electron chi connectivity index (χ2n) is 4.50. The second kappa shape index (κ2) is 8.53. The standard InChI is InChI=1S/C15H23NO3/c1-12-7-8-14(13(11-12)15(17)18-3)19-10-6-4-5-9-16-2/h7-8,11,16H,4-6,9-10H2,1-3H3. The summed E-state index contributed by atoms with van der Waals surface area (Å²) in [6.07, 6.45) is 3.23. The predicted molar refractivity (Wildman–Crippen MR) is 75.8 cm³/mol. The monoisotopic (exact) mass is 265 g/mol. The molecule has 1 rings (SSSR count). The number of hydrogen-bond donors (Lipinski definition) is 1. The summed E-state index contributed by atoms with van der Waals surface area (Å²) in [5, 5.41) is 3.11. The Morgan fingerprint density at radius 1 is 1.26 bits per heavy atom. The van der Waals surface area contributed by atoms with Gasteiger partial charge in [-0.05, 0) is 51.9 Å². The van der Waals surface area contributed by atoms with Crippen LogP contribution in [0.2, 0.25) is 0 Å². The fourth-order valence-corrected chi connectivity index (χ4v) is 1.80. The molecule has 0 aliphatic heterocycles. The number of esters is 1. The van der Waals surface area contributed by atoms with Crippen LogP contribution >= 0.6 is 0 Å². The Hall–Kier alpha value is -1.55. The molecule has 1 aromatic rings. The molecule has 4 heteroatoms. The first-order valence-corrected chi connectivity index (χ1v) is 6.65. The summed E-state index contributed by atoms with van der Waals surface area (Å²) in [7, 11) is 3.33. The first kappa shape index (κ1) is 15.5. The molecule has 19 heavy (non-hydrogen) atoms. The van der Waals surface area contributed by atoms with Gasteiger partial charge in [-0.25, -0.2) is 4.79 Å². The van der Waals surface area contributed by atoms with Crippen molar-refractivity contribution in [1.82, 2.24) is 5.32 Å². The van der Waals surface area contributed by atoms with Gasteiger partial charge < -0.3 is 14.8 Å². The first-order chi connectivity index (χ1) is 9.19. The molecule has 0 unspecified atom stereocenters. The number of aryl methyl sites for hydroxylation is 1. The molecule has 0 bridgehead atoms. The molecular weight excluding hydrogens is 242 g/mol. The minimum atomic E-state index is -0.353. The van der Waals surface area contributed by atoms with Gasteiger partial charge in [0.2, 0.25) is 0 Å². The van der Waals surface area contributed by atoms with Gasteiger partial charge in [-0.2, -0.15) is 0 Å². The fourth-order valence-electron chi connectivity index (χ4n) is 1.80. The number of rotatable bonds is 8. The van der Waals surface area contributed by atoms with Crippen molar-refractivity contribution in [2.45, 2.75) is 26.2 Å². The minimum Gasteiger partial charge on any atom is -0.493 e. The summed E-state index contributed by atoms with van der Waals surface area (Å²) in [4.78, 5) is 11.7. The van der Waals surface area contributed by atoms with Crippen molar-refractivity contribution >= 4 is 5.97 Å². The molecule has 0 saturated carbocycles. The van der Waals surface area contributed by atoms with Crippen molar-refractivity contribution in [3.63, 3.8) is 0 Å². The number of hydrogen-bond acceptors (Lipinski definition) is 4. The van der Waals surface area contributed by atoms with Crippen LogP contribution in [0.25, 0.3) is 0 Å². The number of methoxy groups -OCH3 is 1. The Morgan fingerprint density at radius 2 is 2.05 bits per heavy atom. The highest BCUT2D eigenvalue weighted by Gasteiger charge is 2.12. The zero-order valence-electron chi connectivity index (χ0n) is 12.0. The van der Waals surface area contributed by atoms with Crippen molar-refractivity contribution in [3.8, 4) is 5.75 Å². The Bertz CT molecular complexity index is 404. The van der Waals surface area contributed by atoms with Crippen LogP contribution in [0.4, 0.5) is 0 Å². The van der Waals surface area contributed by atoms with Crippen LogP contribution in [0.1, 0.15) is 35.2 Å². The van der Waals surface area contributed by atoms with Gasteiger partial charge in [0.05, 0.1) is 13.7 Å². The summed E-state index contributed by atoms with van der Waals surface area (Å²) in [5.41, 5.74) is 1.51. The Labute approximate surface area is 115 Å². The summed E-state index contributed by atoms with van der Waals surface area (Å²) in [6, 6.07) is 5.56. The van der Waals surface area contributed by atoms with E-state index >= 15 is 0 Å². The Balaban J connectivity index is 2.50. The van der Waals surface area contributed by atoms with Crippen LogP contribution in [0.5, 0.6) is 5.75 Å². The molecule has 1 aromatic carbocycles. The third-order valence-electron chi connectivity index (χ3n) is 2.87. The molecule has 0 heterocycles. The molecule has 0 fully saturated rings. The third-order valence-corrected chi connectivity index (χ3v) is 2.87. The summed E-state index contributed by atoms with van der Waals surface area (Å²) >= 11 is 0. The molecular formula is C15H23NO3. The summed E-state index contributed by atoms with van der Waals surface area (Å²) in [6.45, 7) is 3.59. The number of nitrogens with one attached hydrogen (secondary N) is 1. The fraction of sp³-hybridized carbons (Fsp3) is 0.533. The lowest BCUT2D eigenvalue weighted by Gasteiger charge is -2.11. The Morgan fingerprint density at radius 3 is 2.74 bits per heavy atom. The number of benzene rings is 1. The number of ether oxygens (including phenoxy) is 2. The average Bonchev–Trinajstić information content (AvgIpc) is 2.43. The Kier molecular flexibility index (Phi) is 6.97. The van der Waals surface area contributed by atoms with E-state index < -0.39 is 0 Å². The molecule has 1 N–H and O–H groups in total. The van der Waals surface area contributed by atoms with Gasteiger partial charge in [-0.3, -0.25) is 0 Å². The molecule has 0 aromatic heterocycles. The molecule has 4 nitrogen and oxygen atoms in total. The maximum Gasteiger partial charge on any atom is 0.341 e. The van der Waals surface area contributed by atoms with E-state index in [2.05, 4.69) is 5.32 Å². The lowest BCUT2D eigenvalue weighted by Crippen LogP contribution is -2.09. The predicted octanol–water partition coefficient (Wildman–Crippen LogP) is 2.55. The largest absolute Gasteiger partial charge is 0.493 e. The van der Waals surface area contributed by atoms with Gasteiger partial charge in [0, 0.05) is 0 Å². The van der Waals surface area contributed by atoms with Crippen molar-refractivity contribution in [2.24, 2.45) is 0 Å². The maximum atomic E-state index is 11.7. The van der Waals surface area contributed by atoms with Gasteiger partial charge >= 0.3 is 5.97 Å². The zero-order chi connectivity index (χ0) is 14.1. The first-order valence-electron chi connectivity index (χ1n) is 6.65. The molecule has 0 radical (unpaired) electrons. The molecule has 0 atom stereocenters. The van der Waals surface area contributed by atoms with Crippen molar-refractivity contribution in [3.05, 3.63) is 29.3 Å². The molecule has 0 aliphatic carbocycles.